The molecule has 0 bridgehead atoms. The topological polar surface area (TPSA) is 0 Å². The first-order chi connectivity index (χ1) is 9.56. The molecule has 2 rings (SSSR count). The summed E-state index contributed by atoms with van der Waals surface area (Å²) in [4.78, 5) is -0.260. The molecule has 0 amide bonds. The summed E-state index contributed by atoms with van der Waals surface area (Å²) >= 11 is 3.56. The summed E-state index contributed by atoms with van der Waals surface area (Å²) in [5.41, 5.74) is 3.91. The highest BCUT2D eigenvalue weighted by atomic mass is 79.9. The van der Waals surface area contributed by atoms with Gasteiger partial charge >= 0.3 is 0 Å². The van der Waals surface area contributed by atoms with E-state index in [-0.39, 0.29) is 4.83 Å². The van der Waals surface area contributed by atoms with Crippen molar-refractivity contribution in [1.29, 1.82) is 0 Å². The van der Waals surface area contributed by atoms with Crippen molar-refractivity contribution in [2.45, 2.75) is 31.5 Å². The first-order valence-corrected chi connectivity index (χ1v) is 7.69. The van der Waals surface area contributed by atoms with Crippen LogP contribution in [0.1, 0.15) is 40.9 Å². The fourth-order valence-corrected chi connectivity index (χ4v) is 3.09. The second-order valence-electron chi connectivity index (χ2n) is 4.77. The normalized spacial score (nSPS) is 12.4. The summed E-state index contributed by atoms with van der Waals surface area (Å²) in [7, 11) is 0. The van der Waals surface area contributed by atoms with Gasteiger partial charge < -0.3 is 0 Å². The summed E-state index contributed by atoms with van der Waals surface area (Å²) in [5, 5.41) is 0. The van der Waals surface area contributed by atoms with E-state index in [0.29, 0.717) is 5.56 Å². The molecule has 0 nitrogen and oxygen atoms in total. The van der Waals surface area contributed by atoms with Crippen LogP contribution in [0.5, 0.6) is 0 Å². The van der Waals surface area contributed by atoms with Crippen molar-refractivity contribution in [2.24, 2.45) is 0 Å². The Morgan fingerprint density at radius 2 is 1.70 bits per heavy atom. The predicted octanol–water partition coefficient (Wildman–Crippen LogP) is 5.57. The molecule has 0 radical (unpaired) electrons. The molecule has 2 aromatic rings. The third kappa shape index (κ3) is 3.09. The third-order valence-corrected chi connectivity index (χ3v) is 4.49. The third-order valence-electron chi connectivity index (χ3n) is 3.51. The van der Waals surface area contributed by atoms with Crippen LogP contribution in [0.15, 0.2) is 36.4 Å². The van der Waals surface area contributed by atoms with Gasteiger partial charge in [0.05, 0.1) is 4.83 Å². The van der Waals surface area contributed by atoms with E-state index in [9.17, 15) is 8.78 Å². The first kappa shape index (κ1) is 15.2. The molecule has 0 aliphatic carbocycles. The maximum Gasteiger partial charge on any atom is 0.130 e. The molecule has 0 aromatic heterocycles. The van der Waals surface area contributed by atoms with Crippen LogP contribution >= 0.6 is 15.9 Å². The van der Waals surface area contributed by atoms with E-state index in [1.54, 1.807) is 0 Å². The zero-order chi connectivity index (χ0) is 14.7. The Morgan fingerprint density at radius 3 is 2.30 bits per heavy atom. The minimum Gasteiger partial charge on any atom is -0.207 e. The average Bonchev–Trinajstić information content (AvgIpc) is 2.46. The number of hydrogen-bond acceptors (Lipinski definition) is 0. The molecule has 0 saturated heterocycles. The van der Waals surface area contributed by atoms with Gasteiger partial charge in [-0.05, 0) is 35.6 Å². The number of halogens is 3. The molecule has 0 saturated carbocycles. The molecule has 0 fully saturated rings. The van der Waals surface area contributed by atoms with Gasteiger partial charge in [-0.25, -0.2) is 8.78 Å². The van der Waals surface area contributed by atoms with Crippen molar-refractivity contribution in [3.63, 3.8) is 0 Å². The maximum atomic E-state index is 13.9. The Hall–Kier alpha value is -1.22. The Kier molecular flexibility index (Phi) is 4.92. The van der Waals surface area contributed by atoms with E-state index in [2.05, 4.69) is 48.0 Å². The van der Waals surface area contributed by atoms with Crippen molar-refractivity contribution in [3.8, 4) is 0 Å². The molecule has 0 N–H and O–H groups in total. The summed E-state index contributed by atoms with van der Waals surface area (Å²) in [6, 6.07) is 10.0. The van der Waals surface area contributed by atoms with E-state index >= 15 is 0 Å². The Morgan fingerprint density at radius 1 is 0.950 bits per heavy atom. The van der Waals surface area contributed by atoms with Crippen molar-refractivity contribution in [2.75, 3.05) is 0 Å². The van der Waals surface area contributed by atoms with Crippen LogP contribution in [-0.4, -0.2) is 0 Å². The summed E-state index contributed by atoms with van der Waals surface area (Å²) in [6.45, 7) is 4.16. The zero-order valence-electron chi connectivity index (χ0n) is 11.6. The molecule has 3 heteroatoms. The standard InChI is InChI=1S/C17H17BrF2/c1-3-11-5-6-12(4-2)15(9-11)17(18)14-8-7-13(19)10-16(14)20/h5-10,17H,3-4H2,1-2H3. The Balaban J connectivity index is 2.48. The van der Waals surface area contributed by atoms with Crippen LogP contribution in [-0.2, 0) is 12.8 Å². The van der Waals surface area contributed by atoms with Gasteiger partial charge in [-0.1, -0.05) is 54.0 Å². The quantitative estimate of drug-likeness (QED) is 0.639. The minimum absolute atomic E-state index is 0.260. The second kappa shape index (κ2) is 6.49. The van der Waals surface area contributed by atoms with Crippen molar-refractivity contribution in [1.82, 2.24) is 0 Å². The van der Waals surface area contributed by atoms with Crippen LogP contribution in [0.4, 0.5) is 8.78 Å². The number of alkyl halides is 1. The summed E-state index contributed by atoms with van der Waals surface area (Å²) < 4.78 is 27.0. The highest BCUT2D eigenvalue weighted by molar-refractivity contribution is 9.09. The van der Waals surface area contributed by atoms with E-state index in [1.165, 1.54) is 23.3 Å². The first-order valence-electron chi connectivity index (χ1n) is 6.77. The van der Waals surface area contributed by atoms with Gasteiger partial charge in [0.2, 0.25) is 0 Å². The van der Waals surface area contributed by atoms with Gasteiger partial charge in [0, 0.05) is 11.6 Å². The van der Waals surface area contributed by atoms with Gasteiger partial charge in [-0.15, -0.1) is 0 Å². The lowest BCUT2D eigenvalue weighted by Crippen LogP contribution is -2.02. The molecule has 1 unspecified atom stereocenters. The van der Waals surface area contributed by atoms with Crippen molar-refractivity contribution in [3.05, 3.63) is 70.3 Å². The monoisotopic (exact) mass is 338 g/mol. The van der Waals surface area contributed by atoms with Crippen LogP contribution < -0.4 is 0 Å². The molecule has 0 aliphatic heterocycles. The van der Waals surface area contributed by atoms with Crippen LogP contribution in [0.25, 0.3) is 0 Å². The number of rotatable bonds is 4. The molecule has 2 aromatic carbocycles. The molecule has 0 spiro atoms. The van der Waals surface area contributed by atoms with Crippen molar-refractivity contribution >= 4 is 15.9 Å². The molecule has 106 valence electrons. The molecule has 1 atom stereocenters. The molecule has 0 aliphatic rings. The van der Waals surface area contributed by atoms with E-state index in [0.717, 1.165) is 24.5 Å². The zero-order valence-corrected chi connectivity index (χ0v) is 13.2. The van der Waals surface area contributed by atoms with Gasteiger partial charge in [0.15, 0.2) is 0 Å². The Labute approximate surface area is 127 Å². The highest BCUT2D eigenvalue weighted by Crippen LogP contribution is 2.35. The highest BCUT2D eigenvalue weighted by Gasteiger charge is 2.18. The summed E-state index contributed by atoms with van der Waals surface area (Å²) in [6.07, 6.45) is 1.81. The predicted molar refractivity (Wildman–Crippen MR) is 82.3 cm³/mol. The van der Waals surface area contributed by atoms with Crippen LogP contribution in [0.3, 0.4) is 0 Å². The lowest BCUT2D eigenvalue weighted by molar-refractivity contribution is 0.574. The van der Waals surface area contributed by atoms with Gasteiger partial charge in [-0.3, -0.25) is 0 Å². The van der Waals surface area contributed by atoms with E-state index < -0.39 is 11.6 Å². The van der Waals surface area contributed by atoms with Crippen LogP contribution in [0, 0.1) is 11.6 Å². The number of benzene rings is 2. The molecule has 0 heterocycles. The number of aryl methyl sites for hydroxylation is 2. The fraction of sp³-hybridized carbons (Fsp3) is 0.294. The lowest BCUT2D eigenvalue weighted by Gasteiger charge is -2.17. The minimum atomic E-state index is -0.552. The van der Waals surface area contributed by atoms with Crippen molar-refractivity contribution < 1.29 is 8.78 Å². The van der Waals surface area contributed by atoms with Gasteiger partial charge in [0.25, 0.3) is 0 Å². The van der Waals surface area contributed by atoms with E-state index in [4.69, 9.17) is 0 Å². The molecular formula is C17H17BrF2. The SMILES string of the molecule is CCc1ccc(CC)c(C(Br)c2ccc(F)cc2F)c1. The smallest absolute Gasteiger partial charge is 0.130 e. The van der Waals surface area contributed by atoms with Crippen LogP contribution in [0.2, 0.25) is 0 Å². The van der Waals surface area contributed by atoms with E-state index in [1.807, 2.05) is 0 Å². The largest absolute Gasteiger partial charge is 0.207 e. The van der Waals surface area contributed by atoms with Gasteiger partial charge in [-0.2, -0.15) is 0 Å². The Bertz CT molecular complexity index is 608. The second-order valence-corrected chi connectivity index (χ2v) is 5.68. The summed E-state index contributed by atoms with van der Waals surface area (Å²) in [5.74, 6) is -1.07. The number of hydrogen-bond donors (Lipinski definition) is 0. The lowest BCUT2D eigenvalue weighted by atomic mass is 9.95. The average molecular weight is 339 g/mol. The van der Waals surface area contributed by atoms with Gasteiger partial charge in [0.1, 0.15) is 11.6 Å². The molecular weight excluding hydrogens is 322 g/mol. The maximum absolute atomic E-state index is 13.9. The fourth-order valence-electron chi connectivity index (χ4n) is 2.30. The molecule has 20 heavy (non-hydrogen) atoms.